The molecule has 1 unspecified atom stereocenters. The molecule has 2 atom stereocenters. The van der Waals surface area contributed by atoms with Gasteiger partial charge >= 0.3 is 0 Å². The van der Waals surface area contributed by atoms with E-state index in [2.05, 4.69) is 10.4 Å². The number of amides is 3. The smallest absolute Gasteiger partial charge is 0.256 e. The van der Waals surface area contributed by atoms with Gasteiger partial charge in [-0.2, -0.15) is 5.10 Å². The number of hydrogen-bond donors (Lipinski definition) is 2. The van der Waals surface area contributed by atoms with Crippen molar-refractivity contribution in [2.75, 3.05) is 33.9 Å². The molecule has 0 aliphatic carbocycles. The number of hydrazone groups is 1. The van der Waals surface area contributed by atoms with Crippen LogP contribution in [-0.4, -0.2) is 78.8 Å². The number of rotatable bonds is 9. The molecular formula is C28H35N5O5. The Kier molecular flexibility index (Phi) is 7.73. The first kappa shape index (κ1) is 27.1. The van der Waals surface area contributed by atoms with Crippen LogP contribution in [0.1, 0.15) is 25.8 Å². The maximum absolute atomic E-state index is 13.9. The summed E-state index contributed by atoms with van der Waals surface area (Å²) < 4.78 is 11.1. The Labute approximate surface area is 222 Å². The lowest BCUT2D eigenvalue weighted by Gasteiger charge is -2.40. The zero-order valence-electron chi connectivity index (χ0n) is 22.3. The van der Waals surface area contributed by atoms with Crippen LogP contribution in [0, 0.1) is 5.41 Å². The van der Waals surface area contributed by atoms with Gasteiger partial charge in [0.2, 0.25) is 11.8 Å². The van der Waals surface area contributed by atoms with Crippen molar-refractivity contribution in [2.24, 2.45) is 16.3 Å². The van der Waals surface area contributed by atoms with Crippen LogP contribution in [0.3, 0.4) is 0 Å². The van der Waals surface area contributed by atoms with E-state index in [1.165, 1.54) is 5.01 Å². The number of fused-ring (bicyclic) bond motifs is 1. The number of ether oxygens (including phenoxy) is 2. The van der Waals surface area contributed by atoms with E-state index in [1.807, 2.05) is 30.3 Å². The number of nitrogens with one attached hydrogen (secondary N) is 1. The minimum atomic E-state index is -1.20. The third kappa shape index (κ3) is 5.65. The summed E-state index contributed by atoms with van der Waals surface area (Å²) in [5, 5.41) is 8.64. The Morgan fingerprint density at radius 1 is 1.16 bits per heavy atom. The van der Waals surface area contributed by atoms with Gasteiger partial charge in [0.25, 0.3) is 5.91 Å². The monoisotopic (exact) mass is 521 g/mol. The number of methoxy groups -OCH3 is 1. The Morgan fingerprint density at radius 2 is 1.87 bits per heavy atom. The summed E-state index contributed by atoms with van der Waals surface area (Å²) in [7, 11) is 3.19. The van der Waals surface area contributed by atoms with E-state index in [0.717, 1.165) is 11.3 Å². The van der Waals surface area contributed by atoms with Crippen molar-refractivity contribution in [1.29, 1.82) is 0 Å². The summed E-state index contributed by atoms with van der Waals surface area (Å²) in [6.45, 7) is 3.54. The van der Waals surface area contributed by atoms with E-state index >= 15 is 0 Å². The number of hydrogen-bond acceptors (Lipinski definition) is 7. The fourth-order valence-corrected chi connectivity index (χ4v) is 4.83. The standard InChI is InChI=1S/C28H35N5O5/c1-27(2,29)25(35)30-22(17-38-21-12-8-11-20(15-21)37-4)24(34)33-14-13-23-28(18-33,26(36)32(3)31-23)16-19-9-6-5-7-10-19/h5-12,15,22H,13-14,16-18,29H2,1-4H3,(H,30,35)/t22?,28-/m1/s1. The average molecular weight is 522 g/mol. The zero-order chi connectivity index (χ0) is 27.5. The lowest BCUT2D eigenvalue weighted by Crippen LogP contribution is -2.62. The van der Waals surface area contributed by atoms with Crippen LogP contribution < -0.4 is 20.5 Å². The molecule has 1 saturated heterocycles. The van der Waals surface area contributed by atoms with Gasteiger partial charge < -0.3 is 25.4 Å². The SMILES string of the molecule is COc1cccc(OCC(NC(=O)C(C)(C)N)C(=O)N2CCC3=NN(C)C(=O)[C@]3(Cc3ccccc3)C2)c1. The summed E-state index contributed by atoms with van der Waals surface area (Å²) in [6.07, 6.45) is 0.876. The van der Waals surface area contributed by atoms with Crippen LogP contribution in [0.2, 0.25) is 0 Å². The third-order valence-electron chi connectivity index (χ3n) is 6.91. The van der Waals surface area contributed by atoms with Gasteiger partial charge in [-0.25, -0.2) is 5.01 Å². The van der Waals surface area contributed by atoms with E-state index in [9.17, 15) is 14.4 Å². The molecule has 2 heterocycles. The molecule has 0 aromatic heterocycles. The lowest BCUT2D eigenvalue weighted by molar-refractivity contribution is -0.143. The Balaban J connectivity index is 1.58. The van der Waals surface area contributed by atoms with Crippen LogP contribution in [-0.2, 0) is 20.8 Å². The Bertz CT molecular complexity index is 1230. The first-order chi connectivity index (χ1) is 18.0. The van der Waals surface area contributed by atoms with Crippen molar-refractivity contribution in [2.45, 2.75) is 38.3 Å². The number of nitrogens with zero attached hydrogens (tertiary/aromatic N) is 3. The molecule has 0 spiro atoms. The van der Waals surface area contributed by atoms with Gasteiger partial charge in [-0.1, -0.05) is 36.4 Å². The maximum Gasteiger partial charge on any atom is 0.256 e. The van der Waals surface area contributed by atoms with E-state index in [4.69, 9.17) is 15.2 Å². The molecule has 38 heavy (non-hydrogen) atoms. The Morgan fingerprint density at radius 3 is 2.55 bits per heavy atom. The first-order valence-electron chi connectivity index (χ1n) is 12.6. The van der Waals surface area contributed by atoms with E-state index in [-0.39, 0.29) is 25.0 Å². The molecule has 0 radical (unpaired) electrons. The highest BCUT2D eigenvalue weighted by Crippen LogP contribution is 2.38. The highest BCUT2D eigenvalue weighted by molar-refractivity contribution is 6.13. The summed E-state index contributed by atoms with van der Waals surface area (Å²) in [5.74, 6) is 0.112. The molecule has 10 nitrogen and oxygen atoms in total. The van der Waals surface area contributed by atoms with Crippen LogP contribution >= 0.6 is 0 Å². The van der Waals surface area contributed by atoms with Gasteiger partial charge in [-0.15, -0.1) is 0 Å². The topological polar surface area (TPSA) is 127 Å². The first-order valence-corrected chi connectivity index (χ1v) is 12.6. The van der Waals surface area contributed by atoms with Crippen molar-refractivity contribution in [3.8, 4) is 11.5 Å². The number of carbonyl (C=O) groups excluding carboxylic acids is 3. The molecule has 0 bridgehead atoms. The van der Waals surface area contributed by atoms with E-state index in [0.29, 0.717) is 30.9 Å². The summed E-state index contributed by atoms with van der Waals surface area (Å²) in [4.78, 5) is 41.7. The number of carbonyl (C=O) groups is 3. The highest BCUT2D eigenvalue weighted by Gasteiger charge is 2.54. The molecule has 2 aliphatic heterocycles. The number of benzene rings is 2. The van der Waals surface area contributed by atoms with Crippen molar-refractivity contribution in [3.63, 3.8) is 0 Å². The number of nitrogens with two attached hydrogens (primary N) is 1. The molecule has 1 fully saturated rings. The summed E-state index contributed by atoms with van der Waals surface area (Å²) in [6, 6.07) is 15.7. The predicted octanol–water partition coefficient (Wildman–Crippen LogP) is 1.59. The number of likely N-dealkylation sites (tertiary alicyclic amines) is 1. The Hall–Kier alpha value is -3.92. The molecule has 0 saturated carbocycles. The molecule has 3 N–H and O–H groups in total. The number of piperidine rings is 1. The summed E-state index contributed by atoms with van der Waals surface area (Å²) in [5.41, 5.74) is 5.60. The molecule has 4 rings (SSSR count). The van der Waals surface area contributed by atoms with Crippen LogP contribution in [0.4, 0.5) is 0 Å². The predicted molar refractivity (Wildman–Crippen MR) is 143 cm³/mol. The van der Waals surface area contributed by atoms with Crippen LogP contribution in [0.25, 0.3) is 0 Å². The second-order valence-corrected chi connectivity index (χ2v) is 10.4. The normalized spacial score (nSPS) is 19.9. The average Bonchev–Trinajstić information content (AvgIpc) is 3.14. The molecule has 2 aliphatic rings. The van der Waals surface area contributed by atoms with Crippen molar-refractivity contribution in [3.05, 3.63) is 60.2 Å². The van der Waals surface area contributed by atoms with Gasteiger partial charge in [0.1, 0.15) is 29.6 Å². The fraction of sp³-hybridized carbons (Fsp3) is 0.429. The van der Waals surface area contributed by atoms with Crippen molar-refractivity contribution in [1.82, 2.24) is 15.2 Å². The third-order valence-corrected chi connectivity index (χ3v) is 6.91. The highest BCUT2D eigenvalue weighted by atomic mass is 16.5. The molecule has 202 valence electrons. The summed E-state index contributed by atoms with van der Waals surface area (Å²) >= 11 is 0. The second kappa shape index (κ2) is 10.8. The van der Waals surface area contributed by atoms with Gasteiger partial charge in [0, 0.05) is 32.6 Å². The molecule has 3 amide bonds. The van der Waals surface area contributed by atoms with Crippen LogP contribution in [0.5, 0.6) is 11.5 Å². The zero-order valence-corrected chi connectivity index (χ0v) is 22.3. The van der Waals surface area contributed by atoms with Crippen molar-refractivity contribution >= 4 is 23.4 Å². The minimum Gasteiger partial charge on any atom is -0.497 e. The quantitative estimate of drug-likeness (QED) is 0.516. The van der Waals surface area contributed by atoms with E-state index in [1.54, 1.807) is 57.2 Å². The largest absolute Gasteiger partial charge is 0.497 e. The van der Waals surface area contributed by atoms with Gasteiger partial charge in [0.05, 0.1) is 18.4 Å². The molecule has 2 aromatic carbocycles. The molecular weight excluding hydrogens is 486 g/mol. The van der Waals surface area contributed by atoms with Gasteiger partial charge in [-0.3, -0.25) is 14.4 Å². The fourth-order valence-electron chi connectivity index (χ4n) is 4.83. The van der Waals surface area contributed by atoms with Gasteiger partial charge in [0.15, 0.2) is 0 Å². The minimum absolute atomic E-state index is 0.120. The van der Waals surface area contributed by atoms with Crippen molar-refractivity contribution < 1.29 is 23.9 Å². The van der Waals surface area contributed by atoms with Crippen LogP contribution in [0.15, 0.2) is 59.7 Å². The maximum atomic E-state index is 13.9. The second-order valence-electron chi connectivity index (χ2n) is 10.4. The van der Waals surface area contributed by atoms with Gasteiger partial charge in [-0.05, 0) is 38.0 Å². The molecule has 10 heteroatoms. The van der Waals surface area contributed by atoms with E-state index < -0.39 is 22.9 Å². The molecule has 2 aromatic rings. The lowest BCUT2D eigenvalue weighted by atomic mass is 9.73.